The van der Waals surface area contributed by atoms with Gasteiger partial charge in [-0.15, -0.1) is 0 Å². The monoisotopic (exact) mass is 502 g/mol. The molecular weight excluding hydrogens is 468 g/mol. The van der Waals surface area contributed by atoms with Crippen LogP contribution in [-0.4, -0.2) is 44.8 Å². The summed E-state index contributed by atoms with van der Waals surface area (Å²) in [6.45, 7) is 5.23. The number of H-pyrrole nitrogens is 1. The van der Waals surface area contributed by atoms with Gasteiger partial charge in [0.1, 0.15) is 5.75 Å². The number of carbonyl (C=O) groups excluding carboxylic acids is 1. The summed E-state index contributed by atoms with van der Waals surface area (Å²) in [6, 6.07) is 4.02. The highest BCUT2D eigenvalue weighted by Crippen LogP contribution is 2.60. The molecule has 0 spiro atoms. The number of aromatic amines is 1. The standard InChI is InChI=1S/C25H34N4O5S/c1-4-14-11-18-15(12-21(14)34-35(26,31)32)5-6-17-16(18)7-8-25(2)20(17)13-19-22(28-29-23(19)25)24(30)27-9-10-33-3/h11-12,16-17,20H,4-10,13H2,1-3H3,(H,27,30)(H,28,29)(H2,26,31,32). The van der Waals surface area contributed by atoms with E-state index in [-0.39, 0.29) is 11.3 Å². The van der Waals surface area contributed by atoms with E-state index in [1.54, 1.807) is 7.11 Å². The van der Waals surface area contributed by atoms with Gasteiger partial charge in [0, 0.05) is 30.3 Å². The van der Waals surface area contributed by atoms with E-state index in [2.05, 4.69) is 28.5 Å². The summed E-state index contributed by atoms with van der Waals surface area (Å²) in [5, 5.41) is 15.7. The van der Waals surface area contributed by atoms with Gasteiger partial charge in [0.2, 0.25) is 0 Å². The van der Waals surface area contributed by atoms with Gasteiger partial charge in [-0.3, -0.25) is 9.89 Å². The number of aromatic nitrogens is 2. The van der Waals surface area contributed by atoms with Crippen molar-refractivity contribution in [1.29, 1.82) is 0 Å². The van der Waals surface area contributed by atoms with E-state index in [9.17, 15) is 13.2 Å². The van der Waals surface area contributed by atoms with E-state index in [1.165, 1.54) is 5.56 Å². The van der Waals surface area contributed by atoms with Crippen molar-refractivity contribution in [2.24, 2.45) is 17.0 Å². The minimum absolute atomic E-state index is 0.0314. The number of amides is 1. The number of nitrogens with zero attached hydrogens (tertiary/aromatic N) is 1. The van der Waals surface area contributed by atoms with Gasteiger partial charge >= 0.3 is 10.3 Å². The lowest BCUT2D eigenvalue weighted by Crippen LogP contribution is -2.43. The van der Waals surface area contributed by atoms with Crippen LogP contribution in [0.2, 0.25) is 0 Å². The Morgan fingerprint density at radius 3 is 2.86 bits per heavy atom. The summed E-state index contributed by atoms with van der Waals surface area (Å²) in [6.07, 6.45) is 5.44. The second kappa shape index (κ2) is 8.90. The van der Waals surface area contributed by atoms with Crippen LogP contribution in [0.15, 0.2) is 12.1 Å². The fourth-order valence-corrected chi connectivity index (χ4v) is 7.33. The van der Waals surface area contributed by atoms with E-state index >= 15 is 0 Å². The van der Waals surface area contributed by atoms with Crippen LogP contribution in [0.1, 0.15) is 77.5 Å². The Morgan fingerprint density at radius 1 is 1.34 bits per heavy atom. The second-order valence-electron chi connectivity index (χ2n) is 10.3. The summed E-state index contributed by atoms with van der Waals surface area (Å²) in [5.74, 6) is 1.51. The number of ether oxygens (including phenoxy) is 1. The van der Waals surface area contributed by atoms with E-state index in [0.29, 0.717) is 48.8 Å². The van der Waals surface area contributed by atoms with Gasteiger partial charge in [0.25, 0.3) is 5.91 Å². The molecule has 190 valence electrons. The maximum absolute atomic E-state index is 12.8. The topological polar surface area (TPSA) is 136 Å². The Hall–Kier alpha value is -2.43. The maximum Gasteiger partial charge on any atom is 0.380 e. The number of fused-ring (bicyclic) bond motifs is 7. The SMILES string of the molecule is CCc1cc2c(cc1OS(N)(=O)=O)CCC1C2CCC2(C)c3[nH]nc(C(=O)NCCOC)c3CC12. The third-order valence-electron chi connectivity index (χ3n) is 8.55. The molecule has 1 aromatic carbocycles. The number of hydrogen-bond acceptors (Lipinski definition) is 6. The predicted octanol–water partition coefficient (Wildman–Crippen LogP) is 2.50. The molecule has 4 atom stereocenters. The van der Waals surface area contributed by atoms with Crippen molar-refractivity contribution in [3.8, 4) is 5.75 Å². The summed E-state index contributed by atoms with van der Waals surface area (Å²) in [7, 11) is -2.46. The van der Waals surface area contributed by atoms with Gasteiger partial charge < -0.3 is 14.2 Å². The van der Waals surface area contributed by atoms with Gasteiger partial charge in [0.15, 0.2) is 5.69 Å². The maximum atomic E-state index is 12.8. The minimum Gasteiger partial charge on any atom is -0.383 e. The second-order valence-corrected chi connectivity index (χ2v) is 11.5. The van der Waals surface area contributed by atoms with Crippen molar-refractivity contribution in [2.75, 3.05) is 20.3 Å². The van der Waals surface area contributed by atoms with E-state index < -0.39 is 10.3 Å². The Balaban J connectivity index is 1.43. The third kappa shape index (κ3) is 4.15. The van der Waals surface area contributed by atoms with Crippen molar-refractivity contribution in [3.63, 3.8) is 0 Å². The molecule has 1 saturated carbocycles. The van der Waals surface area contributed by atoms with Crippen LogP contribution in [0.5, 0.6) is 5.75 Å². The Kier molecular flexibility index (Phi) is 6.17. The first-order valence-corrected chi connectivity index (χ1v) is 13.9. The summed E-state index contributed by atoms with van der Waals surface area (Å²) < 4.78 is 33.3. The molecule has 2 aromatic rings. The number of methoxy groups -OCH3 is 1. The Labute approximate surface area is 206 Å². The Bertz CT molecular complexity index is 1260. The number of benzene rings is 1. The molecule has 1 fully saturated rings. The summed E-state index contributed by atoms with van der Waals surface area (Å²) in [4.78, 5) is 12.8. The highest BCUT2D eigenvalue weighted by molar-refractivity contribution is 7.84. The quantitative estimate of drug-likeness (QED) is 0.498. The van der Waals surface area contributed by atoms with Crippen LogP contribution >= 0.6 is 0 Å². The molecule has 1 aromatic heterocycles. The number of rotatable bonds is 7. The van der Waals surface area contributed by atoms with E-state index in [0.717, 1.165) is 54.5 Å². The number of aryl methyl sites for hydroxylation is 2. The van der Waals surface area contributed by atoms with E-state index in [4.69, 9.17) is 14.1 Å². The fraction of sp³-hybridized carbons (Fsp3) is 0.600. The zero-order valence-corrected chi connectivity index (χ0v) is 21.3. The molecular formula is C25H34N4O5S. The minimum atomic E-state index is -4.07. The van der Waals surface area contributed by atoms with Crippen molar-refractivity contribution in [2.45, 2.75) is 63.7 Å². The molecule has 4 unspecified atom stereocenters. The van der Waals surface area contributed by atoms with E-state index in [1.807, 2.05) is 13.0 Å². The number of carbonyl (C=O) groups is 1. The molecule has 0 radical (unpaired) electrons. The van der Waals surface area contributed by atoms with Crippen LogP contribution in [-0.2, 0) is 39.7 Å². The molecule has 0 saturated heterocycles. The van der Waals surface area contributed by atoms with Crippen molar-refractivity contribution >= 4 is 16.2 Å². The molecule has 9 nitrogen and oxygen atoms in total. The first-order valence-electron chi connectivity index (χ1n) is 12.4. The molecule has 0 bridgehead atoms. The average molecular weight is 503 g/mol. The van der Waals surface area contributed by atoms with Crippen molar-refractivity contribution < 1.29 is 22.1 Å². The van der Waals surface area contributed by atoms with Crippen LogP contribution in [0.25, 0.3) is 0 Å². The van der Waals surface area contributed by atoms with Gasteiger partial charge in [0.05, 0.1) is 6.61 Å². The molecule has 3 aliphatic rings. The molecule has 5 rings (SSSR count). The highest BCUT2D eigenvalue weighted by atomic mass is 32.2. The Morgan fingerprint density at radius 2 is 2.14 bits per heavy atom. The molecule has 1 amide bonds. The predicted molar refractivity (Wildman–Crippen MR) is 131 cm³/mol. The lowest BCUT2D eigenvalue weighted by Gasteiger charge is -2.49. The summed E-state index contributed by atoms with van der Waals surface area (Å²) >= 11 is 0. The molecule has 3 aliphatic carbocycles. The first kappa shape index (κ1) is 24.3. The molecule has 0 aliphatic heterocycles. The zero-order valence-electron chi connectivity index (χ0n) is 20.5. The zero-order chi connectivity index (χ0) is 25.0. The smallest absolute Gasteiger partial charge is 0.380 e. The van der Waals surface area contributed by atoms with Crippen LogP contribution in [0.4, 0.5) is 0 Å². The van der Waals surface area contributed by atoms with Crippen LogP contribution in [0, 0.1) is 11.8 Å². The molecule has 10 heteroatoms. The number of nitrogens with two attached hydrogens (primary N) is 1. The van der Waals surface area contributed by atoms with Gasteiger partial charge in [-0.05, 0) is 79.0 Å². The molecule has 35 heavy (non-hydrogen) atoms. The first-order chi connectivity index (χ1) is 16.7. The van der Waals surface area contributed by atoms with Crippen molar-refractivity contribution in [1.82, 2.24) is 15.5 Å². The summed E-state index contributed by atoms with van der Waals surface area (Å²) in [5.41, 5.74) is 5.99. The number of nitrogens with one attached hydrogen (secondary N) is 2. The van der Waals surface area contributed by atoms with Crippen LogP contribution < -0.4 is 14.6 Å². The molecule has 4 N–H and O–H groups in total. The lowest BCUT2D eigenvalue weighted by atomic mass is 9.55. The lowest BCUT2D eigenvalue weighted by molar-refractivity contribution is 0.0924. The number of hydrogen-bond donors (Lipinski definition) is 3. The molecule has 1 heterocycles. The van der Waals surface area contributed by atoms with Crippen LogP contribution in [0.3, 0.4) is 0 Å². The normalized spacial score (nSPS) is 26.9. The average Bonchev–Trinajstić information content (AvgIpc) is 3.35. The highest BCUT2D eigenvalue weighted by Gasteiger charge is 2.55. The largest absolute Gasteiger partial charge is 0.383 e. The van der Waals surface area contributed by atoms with Crippen molar-refractivity contribution in [3.05, 3.63) is 45.8 Å². The van der Waals surface area contributed by atoms with Gasteiger partial charge in [-0.1, -0.05) is 19.9 Å². The van der Waals surface area contributed by atoms with Gasteiger partial charge in [-0.25, -0.2) is 0 Å². The third-order valence-corrected chi connectivity index (χ3v) is 8.96. The fourth-order valence-electron chi connectivity index (χ4n) is 6.93. The van der Waals surface area contributed by atoms with Gasteiger partial charge in [-0.2, -0.15) is 18.7 Å².